The number of nitro benzene ring substituents is 1. The van der Waals surface area contributed by atoms with Gasteiger partial charge in [-0.15, -0.1) is 0 Å². The third-order valence-electron chi connectivity index (χ3n) is 1.60. The normalized spacial score (nSPS) is 9.73. The highest BCUT2D eigenvalue weighted by Gasteiger charge is 2.20. The van der Waals surface area contributed by atoms with Gasteiger partial charge in [-0.25, -0.2) is 5.48 Å². The van der Waals surface area contributed by atoms with Gasteiger partial charge in [-0.1, -0.05) is 11.6 Å². The summed E-state index contributed by atoms with van der Waals surface area (Å²) < 4.78 is 0. The summed E-state index contributed by atoms with van der Waals surface area (Å²) >= 11 is 5.58. The van der Waals surface area contributed by atoms with Crippen molar-refractivity contribution in [3.05, 3.63) is 38.9 Å². The van der Waals surface area contributed by atoms with Gasteiger partial charge in [0.15, 0.2) is 0 Å². The summed E-state index contributed by atoms with van der Waals surface area (Å²) in [5.74, 6) is -0.694. The van der Waals surface area contributed by atoms with Crippen molar-refractivity contribution in [2.45, 2.75) is 0 Å². The molecule has 0 atom stereocenters. The van der Waals surface area contributed by atoms with Gasteiger partial charge in [0.1, 0.15) is 5.56 Å². The molecular formula is C8H7ClN2O4. The lowest BCUT2D eigenvalue weighted by Gasteiger charge is -2.02. The molecule has 0 aliphatic carbocycles. The molecule has 0 aromatic heterocycles. The van der Waals surface area contributed by atoms with E-state index in [2.05, 4.69) is 4.84 Å². The number of nitro groups is 1. The lowest BCUT2D eigenvalue weighted by molar-refractivity contribution is -0.385. The Bertz CT molecular complexity index is 408. The SMILES string of the molecule is CONC(=O)c1ccc(Cl)cc1[N+](=O)[O-]. The second-order valence-electron chi connectivity index (χ2n) is 2.55. The van der Waals surface area contributed by atoms with Gasteiger partial charge in [-0.2, -0.15) is 0 Å². The number of rotatable bonds is 3. The Hall–Kier alpha value is -1.66. The van der Waals surface area contributed by atoms with Crippen molar-refractivity contribution in [3.63, 3.8) is 0 Å². The van der Waals surface area contributed by atoms with E-state index in [4.69, 9.17) is 11.6 Å². The molecule has 6 nitrogen and oxygen atoms in total. The van der Waals surface area contributed by atoms with Gasteiger partial charge in [-0.3, -0.25) is 19.7 Å². The minimum atomic E-state index is -0.694. The number of halogens is 1. The Labute approximate surface area is 89.9 Å². The molecule has 0 spiro atoms. The molecule has 1 rings (SSSR count). The molecule has 15 heavy (non-hydrogen) atoms. The first-order valence-corrected chi connectivity index (χ1v) is 4.21. The number of hydrogen-bond donors (Lipinski definition) is 1. The van der Waals surface area contributed by atoms with Crippen LogP contribution in [0, 0.1) is 10.1 Å². The van der Waals surface area contributed by atoms with E-state index in [-0.39, 0.29) is 16.3 Å². The predicted molar refractivity (Wildman–Crippen MR) is 52.6 cm³/mol. The van der Waals surface area contributed by atoms with Gasteiger partial charge >= 0.3 is 0 Å². The first-order chi connectivity index (χ1) is 7.06. The number of nitrogens with one attached hydrogen (secondary N) is 1. The first kappa shape index (κ1) is 11.4. The van der Waals surface area contributed by atoms with Crippen LogP contribution in [0.1, 0.15) is 10.4 Å². The van der Waals surface area contributed by atoms with Crippen LogP contribution in [0.4, 0.5) is 5.69 Å². The lowest BCUT2D eigenvalue weighted by Crippen LogP contribution is -2.22. The quantitative estimate of drug-likeness (QED) is 0.631. The van der Waals surface area contributed by atoms with Gasteiger partial charge in [0.05, 0.1) is 12.0 Å². The standard InChI is InChI=1S/C8H7ClN2O4/c1-15-10-8(12)6-3-2-5(9)4-7(6)11(13)14/h2-4H,1H3,(H,10,12). The Kier molecular flexibility index (Phi) is 3.59. The number of nitrogens with zero attached hydrogens (tertiary/aromatic N) is 1. The number of amides is 1. The van der Waals surface area contributed by atoms with Gasteiger partial charge in [0.25, 0.3) is 11.6 Å². The predicted octanol–water partition coefficient (Wildman–Crippen LogP) is 1.54. The maximum Gasteiger partial charge on any atom is 0.283 e. The molecule has 0 heterocycles. The molecule has 0 saturated heterocycles. The van der Waals surface area contributed by atoms with Crippen molar-refractivity contribution >= 4 is 23.2 Å². The van der Waals surface area contributed by atoms with E-state index in [1.165, 1.54) is 19.2 Å². The molecular weight excluding hydrogens is 224 g/mol. The van der Waals surface area contributed by atoms with E-state index in [1.807, 2.05) is 5.48 Å². The highest BCUT2D eigenvalue weighted by molar-refractivity contribution is 6.31. The molecule has 1 aromatic rings. The topological polar surface area (TPSA) is 81.5 Å². The second kappa shape index (κ2) is 4.72. The van der Waals surface area contributed by atoms with E-state index in [0.29, 0.717) is 0 Å². The fourth-order valence-electron chi connectivity index (χ4n) is 0.996. The van der Waals surface area contributed by atoms with Gasteiger partial charge in [-0.05, 0) is 12.1 Å². The fraction of sp³-hybridized carbons (Fsp3) is 0.125. The van der Waals surface area contributed by atoms with Crippen molar-refractivity contribution in [2.24, 2.45) is 0 Å². The zero-order valence-electron chi connectivity index (χ0n) is 7.69. The van der Waals surface area contributed by atoms with E-state index in [0.717, 1.165) is 6.07 Å². The van der Waals surface area contributed by atoms with Gasteiger partial charge < -0.3 is 0 Å². The molecule has 0 fully saturated rings. The molecule has 1 aromatic carbocycles. The van der Waals surface area contributed by atoms with Crippen molar-refractivity contribution in [1.82, 2.24) is 5.48 Å². The summed E-state index contributed by atoms with van der Waals surface area (Å²) in [5.41, 5.74) is 1.52. The molecule has 7 heteroatoms. The molecule has 0 radical (unpaired) electrons. The highest BCUT2D eigenvalue weighted by Crippen LogP contribution is 2.22. The Morgan fingerprint density at radius 3 is 2.80 bits per heavy atom. The summed E-state index contributed by atoms with van der Waals surface area (Å²) in [7, 11) is 1.24. The van der Waals surface area contributed by atoms with Crippen LogP contribution in [-0.4, -0.2) is 17.9 Å². The monoisotopic (exact) mass is 230 g/mol. The van der Waals surface area contributed by atoms with Gasteiger partial charge in [0, 0.05) is 11.1 Å². The third kappa shape index (κ3) is 2.64. The Morgan fingerprint density at radius 1 is 1.60 bits per heavy atom. The summed E-state index contributed by atoms with van der Waals surface area (Å²) in [5, 5.41) is 10.8. The molecule has 0 unspecified atom stereocenters. The largest absolute Gasteiger partial charge is 0.283 e. The van der Waals surface area contributed by atoms with Crippen molar-refractivity contribution in [1.29, 1.82) is 0 Å². The minimum Gasteiger partial charge on any atom is -0.277 e. The zero-order valence-corrected chi connectivity index (χ0v) is 8.45. The Morgan fingerprint density at radius 2 is 2.27 bits per heavy atom. The van der Waals surface area contributed by atoms with Crippen LogP contribution >= 0.6 is 11.6 Å². The average molecular weight is 231 g/mol. The fourth-order valence-corrected chi connectivity index (χ4v) is 1.16. The van der Waals surface area contributed by atoms with Crippen molar-refractivity contribution < 1.29 is 14.6 Å². The lowest BCUT2D eigenvalue weighted by atomic mass is 10.2. The van der Waals surface area contributed by atoms with Crippen LogP contribution in [0.2, 0.25) is 5.02 Å². The molecule has 0 aliphatic rings. The third-order valence-corrected chi connectivity index (χ3v) is 1.83. The van der Waals surface area contributed by atoms with Crippen molar-refractivity contribution in [3.8, 4) is 0 Å². The molecule has 0 saturated carbocycles. The number of hydrogen-bond acceptors (Lipinski definition) is 4. The van der Waals surface area contributed by atoms with E-state index in [9.17, 15) is 14.9 Å². The van der Waals surface area contributed by atoms with Crippen LogP contribution in [0.25, 0.3) is 0 Å². The summed E-state index contributed by atoms with van der Waals surface area (Å²) in [6.07, 6.45) is 0. The van der Waals surface area contributed by atoms with E-state index < -0.39 is 10.8 Å². The van der Waals surface area contributed by atoms with Gasteiger partial charge in [0.2, 0.25) is 0 Å². The number of benzene rings is 1. The number of carbonyl (C=O) groups is 1. The zero-order chi connectivity index (χ0) is 11.4. The number of hydroxylamine groups is 1. The molecule has 80 valence electrons. The molecule has 1 N–H and O–H groups in total. The molecule has 1 amide bonds. The smallest absolute Gasteiger partial charge is 0.277 e. The van der Waals surface area contributed by atoms with Crippen molar-refractivity contribution in [2.75, 3.05) is 7.11 Å². The first-order valence-electron chi connectivity index (χ1n) is 3.83. The average Bonchev–Trinajstić information content (AvgIpc) is 2.17. The maximum absolute atomic E-state index is 11.3. The van der Waals surface area contributed by atoms with E-state index in [1.54, 1.807) is 0 Å². The Balaban J connectivity index is 3.17. The van der Waals surface area contributed by atoms with Crippen LogP contribution < -0.4 is 5.48 Å². The minimum absolute atomic E-state index is 0.105. The number of carbonyl (C=O) groups excluding carboxylic acids is 1. The summed E-state index contributed by atoms with van der Waals surface area (Å²) in [6, 6.07) is 3.75. The van der Waals surface area contributed by atoms with E-state index >= 15 is 0 Å². The summed E-state index contributed by atoms with van der Waals surface area (Å²) in [6.45, 7) is 0. The van der Waals surface area contributed by atoms with Crippen LogP contribution in [0.15, 0.2) is 18.2 Å². The summed E-state index contributed by atoms with van der Waals surface area (Å²) in [4.78, 5) is 25.6. The molecule has 0 aliphatic heterocycles. The van der Waals surface area contributed by atoms with Crippen LogP contribution in [0.5, 0.6) is 0 Å². The van der Waals surface area contributed by atoms with Crippen LogP contribution in [0.3, 0.4) is 0 Å². The maximum atomic E-state index is 11.3. The molecule has 0 bridgehead atoms. The van der Waals surface area contributed by atoms with Crippen LogP contribution in [-0.2, 0) is 4.84 Å². The highest BCUT2D eigenvalue weighted by atomic mass is 35.5. The second-order valence-corrected chi connectivity index (χ2v) is 2.99.